The van der Waals surface area contributed by atoms with Crippen molar-refractivity contribution in [3.63, 3.8) is 0 Å². The second-order valence-electron chi connectivity index (χ2n) is 21.5. The van der Waals surface area contributed by atoms with E-state index in [-0.39, 0.29) is 90.2 Å². The highest BCUT2D eigenvalue weighted by molar-refractivity contribution is 6.31. The Balaban J connectivity index is 0.703. The molecule has 0 bridgehead atoms. The molecule has 18 heteroatoms. The molecule has 0 spiro atoms. The van der Waals surface area contributed by atoms with Crippen molar-refractivity contribution in [3.05, 3.63) is 58.6 Å². The number of hydrogen-bond acceptors (Lipinski definition) is 14. The zero-order valence-electron chi connectivity index (χ0n) is 41.3. The minimum Gasteiger partial charge on any atom is -0.489 e. The maximum atomic E-state index is 15.2. The maximum absolute atomic E-state index is 15.2. The highest BCUT2D eigenvalue weighted by atomic mass is 35.5. The number of rotatable bonds is 15. The number of likely N-dealkylation sites (N-methyl/N-ethyl adjacent to an activating group) is 1. The van der Waals surface area contributed by atoms with Crippen molar-refractivity contribution < 1.29 is 23.5 Å². The minimum atomic E-state index is -1.00. The Hall–Kier alpha value is -3.67. The summed E-state index contributed by atoms with van der Waals surface area (Å²) in [6.45, 7) is 21.8. The number of anilines is 1. The molecular weight excluding hydrogens is 887 g/mol. The number of ether oxygens (including phenoxy) is 2. The number of alkyl halides is 1. The predicted octanol–water partition coefficient (Wildman–Crippen LogP) is 3.55. The molecule has 16 nitrogen and oxygen atoms in total. The molecule has 2 aromatic carbocycles. The van der Waals surface area contributed by atoms with Crippen molar-refractivity contribution >= 4 is 29.1 Å². The van der Waals surface area contributed by atoms with Crippen molar-refractivity contribution in [3.8, 4) is 11.8 Å². The molecule has 1 saturated carbocycles. The van der Waals surface area contributed by atoms with Gasteiger partial charge in [0, 0.05) is 111 Å². The van der Waals surface area contributed by atoms with Crippen LogP contribution in [0.3, 0.4) is 0 Å². The molecule has 6 aliphatic rings. The SMILES string of the molecule is CC(C)N1C(C)NCC1C1NC(Nc2ccc(C(=O)N3CC[C@H](N(C)CCOC4CCN(C5NCC(C(=O)NC6C(C)(C)C(Oc7ccc(C#N)c(Cl)c7)C6(C)C)CN5)CC4)C3)cc2)NCC1F. The van der Waals surface area contributed by atoms with Gasteiger partial charge in [-0.15, -0.1) is 0 Å². The number of halogens is 2. The third kappa shape index (κ3) is 10.9. The molecule has 5 saturated heterocycles. The van der Waals surface area contributed by atoms with E-state index < -0.39 is 6.17 Å². The molecule has 6 fully saturated rings. The van der Waals surface area contributed by atoms with Gasteiger partial charge in [0.05, 0.1) is 41.4 Å². The van der Waals surface area contributed by atoms with Gasteiger partial charge in [0.1, 0.15) is 36.7 Å². The molecule has 6 atom stereocenters. The first-order valence-corrected chi connectivity index (χ1v) is 25.3. The molecule has 0 radical (unpaired) electrons. The van der Waals surface area contributed by atoms with Crippen LogP contribution in [0.25, 0.3) is 0 Å². The first kappa shape index (κ1) is 50.7. The highest BCUT2D eigenvalue weighted by Gasteiger charge is 2.64. The van der Waals surface area contributed by atoms with Crippen LogP contribution in [0, 0.1) is 28.1 Å². The molecule has 68 heavy (non-hydrogen) atoms. The maximum Gasteiger partial charge on any atom is 0.253 e. The van der Waals surface area contributed by atoms with Crippen LogP contribution < -0.4 is 42.0 Å². The smallest absolute Gasteiger partial charge is 0.253 e. The van der Waals surface area contributed by atoms with Crippen molar-refractivity contribution in [2.75, 3.05) is 77.9 Å². The van der Waals surface area contributed by atoms with Gasteiger partial charge >= 0.3 is 0 Å². The van der Waals surface area contributed by atoms with E-state index in [9.17, 15) is 14.9 Å². The number of hydrogen-bond donors (Lipinski definition) is 7. The Morgan fingerprint density at radius 2 is 1.68 bits per heavy atom. The minimum absolute atomic E-state index is 0.0124. The van der Waals surface area contributed by atoms with Gasteiger partial charge in [-0.1, -0.05) is 39.3 Å². The van der Waals surface area contributed by atoms with Crippen LogP contribution >= 0.6 is 11.6 Å². The summed E-state index contributed by atoms with van der Waals surface area (Å²) in [6, 6.07) is 15.1. The Labute approximate surface area is 408 Å². The summed E-state index contributed by atoms with van der Waals surface area (Å²) < 4.78 is 28.0. The third-order valence-electron chi connectivity index (χ3n) is 15.8. The zero-order valence-corrected chi connectivity index (χ0v) is 42.0. The van der Waals surface area contributed by atoms with Gasteiger partial charge in [-0.25, -0.2) is 4.39 Å². The summed E-state index contributed by atoms with van der Waals surface area (Å²) in [7, 11) is 2.13. The lowest BCUT2D eigenvalue weighted by Crippen LogP contribution is -2.75. The van der Waals surface area contributed by atoms with Gasteiger partial charge in [-0.05, 0) is 83.5 Å². The normalized spacial score (nSPS) is 32.2. The molecule has 5 unspecified atom stereocenters. The number of amides is 2. The molecule has 7 N–H and O–H groups in total. The number of carbonyl (C=O) groups is 2. The Morgan fingerprint density at radius 3 is 2.34 bits per heavy atom. The van der Waals surface area contributed by atoms with Crippen LogP contribution in [-0.2, 0) is 9.53 Å². The van der Waals surface area contributed by atoms with Crippen LogP contribution in [0.1, 0.15) is 83.7 Å². The average molecular weight is 964 g/mol. The van der Waals surface area contributed by atoms with Crippen molar-refractivity contribution in [2.45, 2.75) is 135 Å². The second kappa shape index (κ2) is 21.4. The van der Waals surface area contributed by atoms with Crippen LogP contribution in [-0.4, -0.2) is 171 Å². The van der Waals surface area contributed by atoms with Crippen molar-refractivity contribution in [1.29, 1.82) is 5.26 Å². The zero-order chi connectivity index (χ0) is 48.5. The first-order chi connectivity index (χ1) is 32.4. The van der Waals surface area contributed by atoms with Crippen LogP contribution in [0.2, 0.25) is 5.02 Å². The van der Waals surface area contributed by atoms with E-state index in [2.05, 4.69) is 114 Å². The van der Waals surface area contributed by atoms with Gasteiger partial charge in [-0.3, -0.25) is 45.6 Å². The van der Waals surface area contributed by atoms with Gasteiger partial charge in [-0.2, -0.15) is 5.26 Å². The Kier molecular flexibility index (Phi) is 15.9. The fourth-order valence-electron chi connectivity index (χ4n) is 12.2. The van der Waals surface area contributed by atoms with Crippen molar-refractivity contribution in [1.82, 2.24) is 51.5 Å². The quantitative estimate of drug-likeness (QED) is 0.138. The third-order valence-corrected chi connectivity index (χ3v) is 16.1. The Morgan fingerprint density at radius 1 is 0.971 bits per heavy atom. The lowest BCUT2D eigenvalue weighted by atomic mass is 9.49. The fourth-order valence-corrected chi connectivity index (χ4v) is 12.4. The topological polar surface area (TPSA) is 174 Å². The number of benzene rings is 2. The molecule has 2 aromatic rings. The molecule has 5 heterocycles. The summed E-state index contributed by atoms with van der Waals surface area (Å²) in [5.74, 6) is 0.490. The number of piperidine rings is 1. The van der Waals surface area contributed by atoms with Gasteiger partial charge in [0.15, 0.2) is 0 Å². The fraction of sp³-hybridized carbons (Fsp3) is 0.700. The molecular formula is C50H76ClFN12O4. The van der Waals surface area contributed by atoms with E-state index in [1.165, 1.54) is 0 Å². The molecule has 374 valence electrons. The molecule has 8 rings (SSSR count). The summed E-state index contributed by atoms with van der Waals surface area (Å²) in [6.07, 6.45) is 1.77. The van der Waals surface area contributed by atoms with E-state index in [1.54, 1.807) is 18.2 Å². The molecule has 5 aliphatic heterocycles. The lowest BCUT2D eigenvalue weighted by Gasteiger charge is -2.63. The molecule has 1 aliphatic carbocycles. The van der Waals surface area contributed by atoms with E-state index in [1.807, 2.05) is 29.2 Å². The van der Waals surface area contributed by atoms with E-state index >= 15 is 4.39 Å². The summed E-state index contributed by atoms with van der Waals surface area (Å²) in [4.78, 5) is 36.2. The summed E-state index contributed by atoms with van der Waals surface area (Å²) in [5, 5.41) is 33.8. The number of nitriles is 1. The van der Waals surface area contributed by atoms with Crippen LogP contribution in [0.15, 0.2) is 42.5 Å². The summed E-state index contributed by atoms with van der Waals surface area (Å²) in [5.41, 5.74) is 1.28. The van der Waals surface area contributed by atoms with Gasteiger partial charge in [0.25, 0.3) is 5.91 Å². The van der Waals surface area contributed by atoms with Crippen LogP contribution in [0.5, 0.6) is 5.75 Å². The molecule has 0 aromatic heterocycles. The number of likely N-dealkylation sites (tertiary alicyclic amines) is 2. The van der Waals surface area contributed by atoms with Gasteiger partial charge < -0.3 is 30.3 Å². The summed E-state index contributed by atoms with van der Waals surface area (Å²) >= 11 is 6.27. The second-order valence-corrected chi connectivity index (χ2v) is 21.9. The van der Waals surface area contributed by atoms with E-state index in [4.69, 9.17) is 21.1 Å². The number of nitrogens with zero attached hydrogens (tertiary/aromatic N) is 5. The van der Waals surface area contributed by atoms with Crippen molar-refractivity contribution in [2.24, 2.45) is 16.7 Å². The van der Waals surface area contributed by atoms with E-state index in [0.717, 1.165) is 57.7 Å². The largest absolute Gasteiger partial charge is 0.489 e. The monoisotopic (exact) mass is 963 g/mol. The van der Waals surface area contributed by atoms with E-state index in [0.29, 0.717) is 54.2 Å². The highest BCUT2D eigenvalue weighted by Crippen LogP contribution is 2.55. The predicted molar refractivity (Wildman–Crippen MR) is 263 cm³/mol. The van der Waals surface area contributed by atoms with Gasteiger partial charge in [0.2, 0.25) is 5.91 Å². The van der Waals surface area contributed by atoms with Crippen LogP contribution in [0.4, 0.5) is 10.1 Å². The molecule has 2 amide bonds. The standard InChI is InChI=1S/C50H76ClFN12O4/c1-30(2)64-31(3)54-28-41(64)42-40(52)27-55-47(59-42)58-35-12-9-32(10-13-35)44(66)63-18-15-36(29-63)61(8)21-22-67-37-16-19-62(20-17-37)48-56-25-34(26-57-48)43(65)60-45-49(4,5)46(50(45,6)7)68-38-14-11-33(24-53)39(51)23-38/h9-14,23,30-31,34,36-37,40-42,45-48,54-59H,15-22,25-29H2,1-8H3,(H,60,65)/t31?,34?,36-,40?,41?,42?,45?,46?,47?,48?/m0/s1. The number of nitrogens with one attached hydrogen (secondary N) is 7. The lowest BCUT2D eigenvalue weighted by molar-refractivity contribution is -0.174. The first-order valence-electron chi connectivity index (χ1n) is 24.9. The Bertz CT molecular complexity index is 2080. The average Bonchev–Trinajstić information content (AvgIpc) is 3.98. The number of carbonyl (C=O) groups excluding carboxylic acids is 2.